The maximum atomic E-state index is 13.6. The van der Waals surface area contributed by atoms with Gasteiger partial charge in [0.1, 0.15) is 17.2 Å². The monoisotopic (exact) mass is 662 g/mol. The molecule has 1 aromatic heterocycles. The second-order valence-corrected chi connectivity index (χ2v) is 12.9. The zero-order chi connectivity index (χ0) is 29.6. The number of hydrogen-bond acceptors (Lipinski definition) is 6. The molecule has 214 valence electrons. The molecule has 1 aliphatic rings. The number of nitrogens with zero attached hydrogens (tertiary/aromatic N) is 1. The van der Waals surface area contributed by atoms with Gasteiger partial charge in [0.05, 0.1) is 46.2 Å². The number of carbonyl (C=O) groups is 2. The average Bonchev–Trinajstić information content (AvgIpc) is 3.72. The zero-order valence-electron chi connectivity index (χ0n) is 22.3. The van der Waals surface area contributed by atoms with Gasteiger partial charge in [-0.1, -0.05) is 11.6 Å². The molecule has 5 rings (SSSR count). The van der Waals surface area contributed by atoms with Gasteiger partial charge in [0, 0.05) is 24.1 Å². The Morgan fingerprint density at radius 2 is 1.85 bits per heavy atom. The van der Waals surface area contributed by atoms with Crippen LogP contribution in [0.4, 0.5) is 10.1 Å². The highest BCUT2D eigenvalue weighted by Crippen LogP contribution is 2.48. The van der Waals surface area contributed by atoms with Crippen LogP contribution < -0.4 is 9.62 Å². The van der Waals surface area contributed by atoms with Crippen LogP contribution in [-0.4, -0.2) is 40.7 Å². The number of sulfonamides is 1. The topological polar surface area (TPSA) is 106 Å². The summed E-state index contributed by atoms with van der Waals surface area (Å²) in [5.74, 6) is -1.13. The Morgan fingerprint density at radius 3 is 2.44 bits per heavy atom. The van der Waals surface area contributed by atoms with Gasteiger partial charge in [-0.15, -0.1) is 0 Å². The molecule has 8 nitrogen and oxygen atoms in total. The Kier molecular flexibility index (Phi) is 7.88. The van der Waals surface area contributed by atoms with E-state index in [-0.39, 0.29) is 34.4 Å². The first kappa shape index (κ1) is 29.1. The van der Waals surface area contributed by atoms with Crippen LogP contribution in [0.15, 0.2) is 57.4 Å². The number of ether oxygens (including phenoxy) is 1. The van der Waals surface area contributed by atoms with Gasteiger partial charge in [0.25, 0.3) is 5.91 Å². The van der Waals surface area contributed by atoms with E-state index in [0.29, 0.717) is 32.3 Å². The van der Waals surface area contributed by atoms with E-state index in [2.05, 4.69) is 21.2 Å². The van der Waals surface area contributed by atoms with Crippen LogP contribution in [0.1, 0.15) is 50.6 Å². The third-order valence-electron chi connectivity index (χ3n) is 6.90. The number of methoxy groups -OCH3 is 1. The maximum absolute atomic E-state index is 13.6. The van der Waals surface area contributed by atoms with Crippen molar-refractivity contribution in [1.29, 1.82) is 0 Å². The molecular weight excluding hydrogens is 639 g/mol. The van der Waals surface area contributed by atoms with Crippen molar-refractivity contribution in [2.24, 2.45) is 0 Å². The van der Waals surface area contributed by atoms with E-state index < -0.39 is 27.7 Å². The lowest BCUT2D eigenvalue weighted by molar-refractivity contribution is 0.0599. The standard InChI is InChI=1S/C29H25BrClFN2O6S/c1-33-28(35)25-20-12-19(16-4-5-16)23(13-24(20)40-27(25)17-6-8-18(32)9-7-17)34(41(3,37)38)14-15-10-21(29(36)39-2)26(30)22(31)11-15/h6-13,16H,4-5,14H2,1-3H3,(H,33,35). The lowest BCUT2D eigenvalue weighted by Crippen LogP contribution is -2.30. The number of halogens is 3. The van der Waals surface area contributed by atoms with Gasteiger partial charge in [-0.25, -0.2) is 17.6 Å². The molecular formula is C29H25BrClFN2O6S. The van der Waals surface area contributed by atoms with Crippen LogP contribution in [0, 0.1) is 5.82 Å². The average molecular weight is 664 g/mol. The van der Waals surface area contributed by atoms with Gasteiger partial charge in [-0.3, -0.25) is 9.10 Å². The lowest BCUT2D eigenvalue weighted by atomic mass is 10.00. The van der Waals surface area contributed by atoms with Crippen LogP contribution in [-0.2, 0) is 21.3 Å². The summed E-state index contributed by atoms with van der Waals surface area (Å²) in [6, 6.07) is 12.1. The number of amides is 1. The van der Waals surface area contributed by atoms with Crippen LogP contribution in [0.5, 0.6) is 0 Å². The number of hydrogen-bond donors (Lipinski definition) is 1. The molecule has 1 fully saturated rings. The number of rotatable bonds is 8. The van der Waals surface area contributed by atoms with E-state index in [1.807, 2.05) is 0 Å². The predicted octanol–water partition coefficient (Wildman–Crippen LogP) is 6.64. The summed E-state index contributed by atoms with van der Waals surface area (Å²) in [4.78, 5) is 25.4. The summed E-state index contributed by atoms with van der Waals surface area (Å²) in [6.07, 6.45) is 2.80. The van der Waals surface area contributed by atoms with E-state index in [4.69, 9.17) is 20.8 Å². The van der Waals surface area contributed by atoms with Gasteiger partial charge < -0.3 is 14.5 Å². The zero-order valence-corrected chi connectivity index (χ0v) is 25.4. The molecule has 1 amide bonds. The molecule has 1 heterocycles. The number of benzene rings is 3. The fourth-order valence-electron chi connectivity index (χ4n) is 4.78. The summed E-state index contributed by atoms with van der Waals surface area (Å²) in [6.45, 7) is -0.130. The first-order valence-corrected chi connectivity index (χ1v) is 15.6. The molecule has 12 heteroatoms. The number of nitrogens with one attached hydrogen (secondary N) is 1. The van der Waals surface area contributed by atoms with E-state index in [1.54, 1.807) is 18.2 Å². The first-order chi connectivity index (χ1) is 19.4. The van der Waals surface area contributed by atoms with Crippen molar-refractivity contribution in [3.05, 3.63) is 86.1 Å². The minimum Gasteiger partial charge on any atom is -0.465 e. The molecule has 0 spiro atoms. The summed E-state index contributed by atoms with van der Waals surface area (Å²) >= 11 is 9.66. The Labute approximate surface area is 249 Å². The molecule has 1 N–H and O–H groups in total. The normalized spacial score (nSPS) is 13.3. The van der Waals surface area contributed by atoms with E-state index in [0.717, 1.165) is 24.7 Å². The van der Waals surface area contributed by atoms with Crippen molar-refractivity contribution in [3.63, 3.8) is 0 Å². The maximum Gasteiger partial charge on any atom is 0.339 e. The van der Waals surface area contributed by atoms with E-state index in [1.165, 1.54) is 48.8 Å². The summed E-state index contributed by atoms with van der Waals surface area (Å²) in [5, 5.41) is 3.37. The number of carbonyl (C=O) groups excluding carboxylic acids is 2. The highest BCUT2D eigenvalue weighted by atomic mass is 79.9. The Hall–Kier alpha value is -3.41. The minimum absolute atomic E-state index is 0.0829. The highest BCUT2D eigenvalue weighted by Gasteiger charge is 2.33. The van der Waals surface area contributed by atoms with Crippen LogP contribution >= 0.6 is 27.5 Å². The van der Waals surface area contributed by atoms with Crippen molar-refractivity contribution in [2.75, 3.05) is 24.7 Å². The summed E-state index contributed by atoms with van der Waals surface area (Å²) < 4.78 is 52.7. The van der Waals surface area contributed by atoms with Crippen molar-refractivity contribution in [3.8, 4) is 11.3 Å². The second-order valence-electron chi connectivity index (χ2n) is 9.77. The van der Waals surface area contributed by atoms with Gasteiger partial charge >= 0.3 is 5.97 Å². The van der Waals surface area contributed by atoms with Crippen LogP contribution in [0.3, 0.4) is 0 Å². The SMILES string of the molecule is CNC(=O)c1c(-c2ccc(F)cc2)oc2cc(N(Cc3cc(Cl)c(Br)c(C(=O)OC)c3)S(C)(=O)=O)c(C3CC3)cc12. The Balaban J connectivity index is 1.71. The Bertz CT molecular complexity index is 1800. The summed E-state index contributed by atoms with van der Waals surface area (Å²) in [7, 11) is -1.11. The van der Waals surface area contributed by atoms with Gasteiger partial charge in [-0.05, 0) is 88.3 Å². The van der Waals surface area contributed by atoms with Crippen molar-refractivity contribution >= 4 is 66.1 Å². The molecule has 0 radical (unpaired) electrons. The third kappa shape index (κ3) is 5.71. The van der Waals surface area contributed by atoms with Crippen LogP contribution in [0.25, 0.3) is 22.3 Å². The smallest absolute Gasteiger partial charge is 0.339 e. The molecule has 0 unspecified atom stereocenters. The number of fused-ring (bicyclic) bond motifs is 1. The van der Waals surface area contributed by atoms with Gasteiger partial charge in [0.15, 0.2) is 0 Å². The van der Waals surface area contributed by atoms with Crippen LogP contribution in [0.2, 0.25) is 5.02 Å². The molecule has 1 saturated carbocycles. The number of anilines is 1. The number of furan rings is 1. The van der Waals surface area contributed by atoms with E-state index >= 15 is 0 Å². The molecule has 0 aliphatic heterocycles. The molecule has 0 bridgehead atoms. The molecule has 0 saturated heterocycles. The Morgan fingerprint density at radius 1 is 1.17 bits per heavy atom. The largest absolute Gasteiger partial charge is 0.465 e. The molecule has 3 aromatic carbocycles. The summed E-state index contributed by atoms with van der Waals surface area (Å²) in [5.41, 5.74) is 2.82. The molecule has 1 aliphatic carbocycles. The van der Waals surface area contributed by atoms with Crippen molar-refractivity contribution in [2.45, 2.75) is 25.3 Å². The van der Waals surface area contributed by atoms with E-state index in [9.17, 15) is 22.4 Å². The lowest BCUT2D eigenvalue weighted by Gasteiger charge is -2.26. The first-order valence-electron chi connectivity index (χ1n) is 12.5. The third-order valence-corrected chi connectivity index (χ3v) is 9.41. The minimum atomic E-state index is -3.86. The quantitative estimate of drug-likeness (QED) is 0.212. The molecule has 41 heavy (non-hydrogen) atoms. The fraction of sp³-hybridized carbons (Fsp3) is 0.241. The second kappa shape index (κ2) is 11.1. The van der Waals surface area contributed by atoms with Gasteiger partial charge in [0.2, 0.25) is 10.0 Å². The highest BCUT2D eigenvalue weighted by molar-refractivity contribution is 9.10. The fourth-order valence-corrected chi connectivity index (χ4v) is 6.31. The predicted molar refractivity (Wildman–Crippen MR) is 158 cm³/mol. The van der Waals surface area contributed by atoms with Crippen molar-refractivity contribution < 1.29 is 31.6 Å². The molecule has 0 atom stereocenters. The number of esters is 1. The molecule has 4 aromatic rings. The van der Waals surface area contributed by atoms with Gasteiger partial charge in [-0.2, -0.15) is 0 Å². The van der Waals surface area contributed by atoms with Crippen molar-refractivity contribution in [1.82, 2.24) is 5.32 Å².